The van der Waals surface area contributed by atoms with Crippen LogP contribution in [0.4, 0.5) is 17.2 Å². The van der Waals surface area contributed by atoms with Crippen LogP contribution in [-0.4, -0.2) is 55.7 Å². The minimum absolute atomic E-state index is 0.0104. The molecule has 1 saturated heterocycles. The number of amides is 1. The maximum absolute atomic E-state index is 12.4. The Morgan fingerprint density at radius 1 is 1.22 bits per heavy atom. The smallest absolute Gasteiger partial charge is 0.255 e. The zero-order valence-electron chi connectivity index (χ0n) is 16.1. The Kier molecular flexibility index (Phi) is 6.65. The molecule has 1 aromatic heterocycles. The van der Waals surface area contributed by atoms with E-state index in [1.165, 1.54) is 0 Å². The molecule has 0 aliphatic carbocycles. The molecule has 0 spiro atoms. The van der Waals surface area contributed by atoms with Gasteiger partial charge in [0.2, 0.25) is 0 Å². The summed E-state index contributed by atoms with van der Waals surface area (Å²) >= 11 is 0. The van der Waals surface area contributed by atoms with Crippen molar-refractivity contribution in [1.29, 1.82) is 0 Å². The third kappa shape index (κ3) is 4.98. The van der Waals surface area contributed by atoms with Crippen LogP contribution in [0.5, 0.6) is 0 Å². The first-order valence-corrected chi connectivity index (χ1v) is 9.59. The number of carbonyl (C=O) groups excluding carboxylic acids is 1. The first-order valence-electron chi connectivity index (χ1n) is 9.59. The van der Waals surface area contributed by atoms with Crippen molar-refractivity contribution in [2.75, 3.05) is 50.1 Å². The van der Waals surface area contributed by atoms with Crippen LogP contribution in [0.25, 0.3) is 0 Å². The Hall–Kier alpha value is -2.60. The molecule has 144 valence electrons. The average Bonchev–Trinajstić information content (AvgIpc) is 2.73. The van der Waals surface area contributed by atoms with Gasteiger partial charge in [-0.1, -0.05) is 25.5 Å². The van der Waals surface area contributed by atoms with Gasteiger partial charge in [0.1, 0.15) is 5.82 Å². The topological polar surface area (TPSA) is 57.7 Å². The van der Waals surface area contributed by atoms with Gasteiger partial charge in [0.05, 0.1) is 30.2 Å². The molecule has 0 radical (unpaired) electrons. The van der Waals surface area contributed by atoms with Crippen LogP contribution in [0.3, 0.4) is 0 Å². The van der Waals surface area contributed by atoms with Gasteiger partial charge >= 0.3 is 0 Å². The van der Waals surface area contributed by atoms with E-state index >= 15 is 0 Å². The summed E-state index contributed by atoms with van der Waals surface area (Å²) in [4.78, 5) is 20.9. The molecule has 6 nitrogen and oxygen atoms in total. The van der Waals surface area contributed by atoms with Crippen LogP contribution < -0.4 is 10.2 Å². The SMILES string of the molecule is CCCCN(C)C(=O)c1ccc(Nc2ccccc2N2CCOCC2)nc1. The van der Waals surface area contributed by atoms with E-state index < -0.39 is 0 Å². The maximum atomic E-state index is 12.4. The summed E-state index contributed by atoms with van der Waals surface area (Å²) in [5, 5.41) is 3.38. The molecule has 3 rings (SSSR count). The largest absolute Gasteiger partial charge is 0.378 e. The van der Waals surface area contributed by atoms with Crippen molar-refractivity contribution in [2.45, 2.75) is 19.8 Å². The van der Waals surface area contributed by atoms with E-state index in [9.17, 15) is 4.79 Å². The van der Waals surface area contributed by atoms with E-state index in [2.05, 4.69) is 28.2 Å². The molecule has 2 heterocycles. The van der Waals surface area contributed by atoms with Gasteiger partial charge in [0.25, 0.3) is 5.91 Å². The summed E-state index contributed by atoms with van der Waals surface area (Å²) in [5.74, 6) is 0.736. The quantitative estimate of drug-likeness (QED) is 0.810. The number of benzene rings is 1. The number of para-hydroxylation sites is 2. The third-order valence-corrected chi connectivity index (χ3v) is 4.72. The lowest BCUT2D eigenvalue weighted by molar-refractivity contribution is 0.0793. The van der Waals surface area contributed by atoms with Crippen molar-refractivity contribution >= 4 is 23.1 Å². The number of unbranched alkanes of at least 4 members (excludes halogenated alkanes) is 1. The number of nitrogens with one attached hydrogen (secondary N) is 1. The molecular weight excluding hydrogens is 340 g/mol. The molecule has 0 atom stereocenters. The molecule has 1 aliphatic heterocycles. The Balaban J connectivity index is 1.69. The minimum atomic E-state index is 0.0104. The summed E-state index contributed by atoms with van der Waals surface area (Å²) in [6.07, 6.45) is 3.72. The van der Waals surface area contributed by atoms with Crippen molar-refractivity contribution in [2.24, 2.45) is 0 Å². The summed E-state index contributed by atoms with van der Waals surface area (Å²) in [7, 11) is 1.84. The van der Waals surface area contributed by atoms with Crippen LogP contribution in [0.2, 0.25) is 0 Å². The lowest BCUT2D eigenvalue weighted by atomic mass is 10.2. The zero-order valence-corrected chi connectivity index (χ0v) is 16.1. The number of carbonyl (C=O) groups is 1. The van der Waals surface area contributed by atoms with Gasteiger partial charge in [-0.25, -0.2) is 4.98 Å². The van der Waals surface area contributed by atoms with Gasteiger partial charge in [0, 0.05) is 32.9 Å². The van der Waals surface area contributed by atoms with Crippen molar-refractivity contribution in [3.8, 4) is 0 Å². The third-order valence-electron chi connectivity index (χ3n) is 4.72. The Labute approximate surface area is 161 Å². The van der Waals surface area contributed by atoms with Crippen molar-refractivity contribution < 1.29 is 9.53 Å². The van der Waals surface area contributed by atoms with E-state index in [0.29, 0.717) is 5.56 Å². The molecule has 1 amide bonds. The maximum Gasteiger partial charge on any atom is 0.255 e. The van der Waals surface area contributed by atoms with Crippen LogP contribution in [0.1, 0.15) is 30.1 Å². The summed E-state index contributed by atoms with van der Waals surface area (Å²) in [6, 6.07) is 11.9. The van der Waals surface area contributed by atoms with Gasteiger partial charge in [-0.2, -0.15) is 0 Å². The van der Waals surface area contributed by atoms with Gasteiger partial charge in [-0.15, -0.1) is 0 Å². The first-order chi connectivity index (χ1) is 13.2. The first kappa shape index (κ1) is 19.2. The van der Waals surface area contributed by atoms with E-state index in [0.717, 1.165) is 62.9 Å². The molecule has 0 bridgehead atoms. The lowest BCUT2D eigenvalue weighted by Crippen LogP contribution is -2.36. The molecule has 1 aliphatic rings. The molecule has 1 N–H and O–H groups in total. The number of anilines is 3. The number of aromatic nitrogens is 1. The number of ether oxygens (including phenoxy) is 1. The van der Waals surface area contributed by atoms with E-state index in [-0.39, 0.29) is 5.91 Å². The van der Waals surface area contributed by atoms with Crippen molar-refractivity contribution in [3.63, 3.8) is 0 Å². The number of hydrogen-bond acceptors (Lipinski definition) is 5. The van der Waals surface area contributed by atoms with E-state index in [1.54, 1.807) is 11.1 Å². The van der Waals surface area contributed by atoms with Gasteiger partial charge < -0.3 is 19.9 Å². The number of nitrogens with zero attached hydrogens (tertiary/aromatic N) is 3. The highest BCUT2D eigenvalue weighted by molar-refractivity contribution is 5.94. The van der Waals surface area contributed by atoms with Crippen LogP contribution >= 0.6 is 0 Å². The molecule has 2 aromatic rings. The Bertz CT molecular complexity index is 742. The number of pyridine rings is 1. The molecule has 0 unspecified atom stereocenters. The molecule has 27 heavy (non-hydrogen) atoms. The van der Waals surface area contributed by atoms with Gasteiger partial charge in [-0.3, -0.25) is 4.79 Å². The average molecular weight is 368 g/mol. The van der Waals surface area contributed by atoms with E-state index in [1.807, 2.05) is 37.4 Å². The highest BCUT2D eigenvalue weighted by Gasteiger charge is 2.15. The number of morpholine rings is 1. The molecular formula is C21H28N4O2. The lowest BCUT2D eigenvalue weighted by Gasteiger charge is -2.30. The second kappa shape index (κ2) is 9.37. The Morgan fingerprint density at radius 2 is 2.00 bits per heavy atom. The zero-order chi connectivity index (χ0) is 19.1. The van der Waals surface area contributed by atoms with Crippen molar-refractivity contribution in [3.05, 3.63) is 48.2 Å². The fraction of sp³-hybridized carbons (Fsp3) is 0.429. The highest BCUT2D eigenvalue weighted by atomic mass is 16.5. The Morgan fingerprint density at radius 3 is 2.70 bits per heavy atom. The fourth-order valence-corrected chi connectivity index (χ4v) is 3.11. The van der Waals surface area contributed by atoms with E-state index in [4.69, 9.17) is 4.74 Å². The predicted octanol–water partition coefficient (Wildman–Crippen LogP) is 3.53. The molecule has 1 aromatic carbocycles. The summed E-state index contributed by atoms with van der Waals surface area (Å²) in [6.45, 7) is 6.13. The molecule has 6 heteroatoms. The minimum Gasteiger partial charge on any atom is -0.378 e. The molecule has 0 saturated carbocycles. The monoisotopic (exact) mass is 368 g/mol. The van der Waals surface area contributed by atoms with Crippen LogP contribution in [0, 0.1) is 0 Å². The van der Waals surface area contributed by atoms with Crippen LogP contribution in [-0.2, 0) is 4.74 Å². The number of hydrogen-bond donors (Lipinski definition) is 1. The summed E-state index contributed by atoms with van der Waals surface area (Å²) in [5.41, 5.74) is 2.76. The highest BCUT2D eigenvalue weighted by Crippen LogP contribution is 2.28. The van der Waals surface area contributed by atoms with Gasteiger partial charge in [-0.05, 0) is 30.7 Å². The van der Waals surface area contributed by atoms with Gasteiger partial charge in [0.15, 0.2) is 0 Å². The summed E-state index contributed by atoms with van der Waals surface area (Å²) < 4.78 is 5.45. The van der Waals surface area contributed by atoms with Crippen LogP contribution in [0.15, 0.2) is 42.6 Å². The van der Waals surface area contributed by atoms with Crippen molar-refractivity contribution in [1.82, 2.24) is 9.88 Å². The fourth-order valence-electron chi connectivity index (χ4n) is 3.11. The molecule has 1 fully saturated rings. The predicted molar refractivity (Wildman–Crippen MR) is 109 cm³/mol. The second-order valence-corrected chi connectivity index (χ2v) is 6.75. The second-order valence-electron chi connectivity index (χ2n) is 6.75. The normalized spacial score (nSPS) is 14.1. The number of rotatable bonds is 7. The standard InChI is InChI=1S/C21H28N4O2/c1-3-4-11-24(2)21(26)17-9-10-20(22-16-17)23-18-7-5-6-8-19(18)25-12-14-27-15-13-25/h5-10,16H,3-4,11-15H2,1-2H3,(H,22,23).